The van der Waals surface area contributed by atoms with Gasteiger partial charge in [-0.2, -0.15) is 0 Å². The number of amides is 1. The van der Waals surface area contributed by atoms with Crippen molar-refractivity contribution in [2.75, 3.05) is 0 Å². The van der Waals surface area contributed by atoms with Crippen LogP contribution in [-0.2, 0) is 16.1 Å². The minimum Gasteiger partial charge on any atom is -0.503 e. The van der Waals surface area contributed by atoms with Gasteiger partial charge in [-0.1, -0.05) is 43.3 Å². The van der Waals surface area contributed by atoms with Crippen molar-refractivity contribution in [3.05, 3.63) is 102 Å². The first-order chi connectivity index (χ1) is 15.1. The maximum Gasteiger partial charge on any atom is 0.290 e. The van der Waals surface area contributed by atoms with Gasteiger partial charge in [0.25, 0.3) is 5.91 Å². The largest absolute Gasteiger partial charge is 0.503 e. The van der Waals surface area contributed by atoms with E-state index in [0.29, 0.717) is 22.8 Å². The van der Waals surface area contributed by atoms with E-state index >= 15 is 0 Å². The molecule has 0 saturated carbocycles. The summed E-state index contributed by atoms with van der Waals surface area (Å²) in [6.45, 7) is 1.87. The molecular formula is C25H22N2O4. The maximum atomic E-state index is 12.9. The number of ketones is 1. The molecule has 4 rings (SSSR count). The molecule has 0 fully saturated rings. The van der Waals surface area contributed by atoms with Crippen LogP contribution >= 0.6 is 0 Å². The number of pyridine rings is 1. The Kier molecular flexibility index (Phi) is 5.80. The van der Waals surface area contributed by atoms with E-state index in [1.54, 1.807) is 43.5 Å². The Labute approximate surface area is 180 Å². The summed E-state index contributed by atoms with van der Waals surface area (Å²) in [6, 6.07) is 21.3. The minimum atomic E-state index is -0.721. The number of carbonyl (C=O) groups is 2. The number of aliphatic hydroxyl groups excluding tert-OH is 1. The fourth-order valence-corrected chi connectivity index (χ4v) is 3.68. The topological polar surface area (TPSA) is 79.7 Å². The molecule has 1 atom stereocenters. The van der Waals surface area contributed by atoms with Crippen molar-refractivity contribution in [1.82, 2.24) is 9.88 Å². The highest BCUT2D eigenvalue weighted by atomic mass is 16.5. The lowest BCUT2D eigenvalue weighted by atomic mass is 9.95. The highest BCUT2D eigenvalue weighted by Crippen LogP contribution is 2.40. The summed E-state index contributed by atoms with van der Waals surface area (Å²) in [5, 5.41) is 10.6. The molecule has 1 amide bonds. The first-order valence-corrected chi connectivity index (χ1v) is 10.1. The standard InChI is InChI=1S/C25H22N2O4/c1-2-21(28)22-23(27(25(30)24(22)29)16-18-10-6-7-14-26-18)17-9-8-13-20(15-17)31-19-11-4-3-5-12-19/h3-15,23,29H,2,16H2,1H3. The third-order valence-electron chi connectivity index (χ3n) is 5.14. The Bertz CT molecular complexity index is 1130. The summed E-state index contributed by atoms with van der Waals surface area (Å²) in [6.07, 6.45) is 1.82. The van der Waals surface area contributed by atoms with Gasteiger partial charge in [0, 0.05) is 12.6 Å². The van der Waals surface area contributed by atoms with Crippen LogP contribution < -0.4 is 4.74 Å². The van der Waals surface area contributed by atoms with E-state index in [-0.39, 0.29) is 24.3 Å². The number of nitrogens with zero attached hydrogens (tertiary/aromatic N) is 2. The lowest BCUT2D eigenvalue weighted by Gasteiger charge is -2.26. The van der Waals surface area contributed by atoms with E-state index in [1.807, 2.05) is 42.5 Å². The molecule has 1 aliphatic heterocycles. The Morgan fingerprint density at radius 2 is 1.77 bits per heavy atom. The third kappa shape index (κ3) is 4.19. The second-order valence-corrected chi connectivity index (χ2v) is 7.18. The molecule has 1 aromatic heterocycles. The highest BCUT2D eigenvalue weighted by Gasteiger charge is 2.43. The third-order valence-corrected chi connectivity index (χ3v) is 5.14. The zero-order chi connectivity index (χ0) is 21.8. The molecule has 1 N–H and O–H groups in total. The smallest absolute Gasteiger partial charge is 0.290 e. The first-order valence-electron chi connectivity index (χ1n) is 10.1. The van der Waals surface area contributed by atoms with Crippen LogP contribution in [0.15, 0.2) is 90.3 Å². The lowest BCUT2D eigenvalue weighted by molar-refractivity contribution is -0.130. The molecule has 2 heterocycles. The summed E-state index contributed by atoms with van der Waals surface area (Å²) >= 11 is 0. The Morgan fingerprint density at radius 1 is 1.03 bits per heavy atom. The fourth-order valence-electron chi connectivity index (χ4n) is 3.68. The van der Waals surface area contributed by atoms with Crippen molar-refractivity contribution in [2.24, 2.45) is 0 Å². The van der Waals surface area contributed by atoms with Crippen LogP contribution in [0.4, 0.5) is 0 Å². The van der Waals surface area contributed by atoms with Gasteiger partial charge in [0.15, 0.2) is 11.5 Å². The number of hydrogen-bond acceptors (Lipinski definition) is 5. The highest BCUT2D eigenvalue weighted by molar-refractivity contribution is 6.08. The lowest BCUT2D eigenvalue weighted by Crippen LogP contribution is -2.31. The molecule has 6 nitrogen and oxygen atoms in total. The molecule has 156 valence electrons. The van der Waals surface area contributed by atoms with Crippen molar-refractivity contribution >= 4 is 11.7 Å². The van der Waals surface area contributed by atoms with Crippen molar-refractivity contribution in [1.29, 1.82) is 0 Å². The Morgan fingerprint density at radius 3 is 2.48 bits per heavy atom. The number of hydrogen-bond donors (Lipinski definition) is 1. The monoisotopic (exact) mass is 414 g/mol. The predicted molar refractivity (Wildman–Crippen MR) is 115 cm³/mol. The number of carbonyl (C=O) groups excluding carboxylic acids is 2. The van der Waals surface area contributed by atoms with E-state index in [4.69, 9.17) is 4.74 Å². The molecular weight excluding hydrogens is 392 g/mol. The van der Waals surface area contributed by atoms with Gasteiger partial charge in [-0.3, -0.25) is 14.6 Å². The average Bonchev–Trinajstić information content (AvgIpc) is 3.05. The van der Waals surface area contributed by atoms with Crippen LogP contribution in [0.25, 0.3) is 0 Å². The normalized spacial score (nSPS) is 16.0. The van der Waals surface area contributed by atoms with Crippen LogP contribution in [0.2, 0.25) is 0 Å². The van der Waals surface area contributed by atoms with Crippen LogP contribution in [0.1, 0.15) is 30.6 Å². The van der Waals surface area contributed by atoms with Gasteiger partial charge in [0.2, 0.25) is 0 Å². The SMILES string of the molecule is CCC(=O)C1=C(O)C(=O)N(Cc2ccccn2)C1c1cccc(Oc2ccccc2)c1. The molecule has 0 saturated heterocycles. The number of para-hydroxylation sites is 1. The van der Waals surface area contributed by atoms with Gasteiger partial charge in [-0.15, -0.1) is 0 Å². The summed E-state index contributed by atoms with van der Waals surface area (Å²) in [7, 11) is 0. The summed E-state index contributed by atoms with van der Waals surface area (Å²) in [4.78, 5) is 31.4. The number of benzene rings is 2. The van der Waals surface area contributed by atoms with E-state index in [0.717, 1.165) is 0 Å². The summed E-state index contributed by atoms with van der Waals surface area (Å²) in [5.74, 6) is -0.0999. The van der Waals surface area contributed by atoms with Gasteiger partial charge in [0.1, 0.15) is 11.5 Å². The second kappa shape index (κ2) is 8.83. The predicted octanol–water partition coefficient (Wildman–Crippen LogP) is 4.75. The van der Waals surface area contributed by atoms with E-state index in [9.17, 15) is 14.7 Å². The number of rotatable bonds is 7. The van der Waals surface area contributed by atoms with E-state index in [1.165, 1.54) is 4.90 Å². The first kappa shape index (κ1) is 20.3. The van der Waals surface area contributed by atoms with E-state index < -0.39 is 17.7 Å². The molecule has 1 aliphatic rings. The summed E-state index contributed by atoms with van der Waals surface area (Å²) in [5.41, 5.74) is 1.45. The Balaban J connectivity index is 1.73. The number of aliphatic hydroxyl groups is 1. The van der Waals surface area contributed by atoms with Crippen LogP contribution in [0.3, 0.4) is 0 Å². The molecule has 0 aliphatic carbocycles. The van der Waals surface area contributed by atoms with Crippen molar-refractivity contribution in [3.8, 4) is 11.5 Å². The molecule has 0 bridgehead atoms. The molecule has 2 aromatic carbocycles. The zero-order valence-electron chi connectivity index (χ0n) is 17.1. The van der Waals surface area contributed by atoms with Gasteiger partial charge >= 0.3 is 0 Å². The number of Topliss-reactive ketones (excluding diaryl/α,β-unsaturated/α-hetero) is 1. The molecule has 1 unspecified atom stereocenters. The molecule has 31 heavy (non-hydrogen) atoms. The minimum absolute atomic E-state index is 0.111. The van der Waals surface area contributed by atoms with Gasteiger partial charge in [0.05, 0.1) is 23.9 Å². The van der Waals surface area contributed by atoms with Crippen LogP contribution in [0.5, 0.6) is 11.5 Å². The number of ether oxygens (including phenoxy) is 1. The number of aromatic nitrogens is 1. The molecule has 0 radical (unpaired) electrons. The molecule has 6 heteroatoms. The van der Waals surface area contributed by atoms with Crippen LogP contribution in [-0.4, -0.2) is 26.7 Å². The van der Waals surface area contributed by atoms with Crippen LogP contribution in [0, 0.1) is 0 Å². The zero-order valence-corrected chi connectivity index (χ0v) is 17.1. The van der Waals surface area contributed by atoms with E-state index in [2.05, 4.69) is 4.98 Å². The average molecular weight is 414 g/mol. The second-order valence-electron chi connectivity index (χ2n) is 7.18. The molecule has 3 aromatic rings. The summed E-state index contributed by atoms with van der Waals surface area (Å²) < 4.78 is 5.93. The molecule has 0 spiro atoms. The van der Waals surface area contributed by atoms with Gasteiger partial charge in [-0.25, -0.2) is 0 Å². The van der Waals surface area contributed by atoms with Crippen molar-refractivity contribution in [2.45, 2.75) is 25.9 Å². The van der Waals surface area contributed by atoms with Crippen molar-refractivity contribution < 1.29 is 19.4 Å². The van der Waals surface area contributed by atoms with Gasteiger partial charge in [-0.05, 0) is 42.0 Å². The quantitative estimate of drug-likeness (QED) is 0.604. The van der Waals surface area contributed by atoms with Crippen molar-refractivity contribution in [3.63, 3.8) is 0 Å². The Hall–Kier alpha value is -3.93. The maximum absolute atomic E-state index is 12.9. The fraction of sp³-hybridized carbons (Fsp3) is 0.160. The van der Waals surface area contributed by atoms with Gasteiger partial charge < -0.3 is 14.7 Å².